The number of aliphatic hydroxyl groups excluding tert-OH is 6. The quantitative estimate of drug-likeness (QED) is 0.0154. The summed E-state index contributed by atoms with van der Waals surface area (Å²) in [7, 11) is -5.37. The predicted molar refractivity (Wildman–Crippen MR) is 337 cm³/mol. The molecule has 0 unspecified atom stereocenters. The van der Waals surface area contributed by atoms with Crippen LogP contribution in [0.5, 0.6) is 0 Å². The first-order chi connectivity index (χ1) is 41.5. The standard InChI is InChI=1S/C66H127N2O17P/c1-4-7-10-13-16-19-22-25-26-29-32-35-38-41-44-47-58(73)82-53(46-43-40-37-34-31-28-24-21-18-15-12-9-6-3)49-57(72)68-59-63(76)61(74)54(50-69)83-65(59)81-51-55-62(75)64(77)60(66(84-55)85-86(78,79)80)67-56(71)48-52(70)45-42-39-36-33-30-27-23-20-17-14-11-8-5-2/h52-55,59-66,69-70,74-77H,4-51H2,1-3H3,(H,67,71)(H,68,72)(H2,78,79,80)/t52-,53-,54-,55-,59-,60-,61-,62-,63-,64-,65-,66-/m1/s1. The van der Waals surface area contributed by atoms with Gasteiger partial charge in [-0.3, -0.25) is 18.9 Å². The van der Waals surface area contributed by atoms with E-state index in [0.29, 0.717) is 32.1 Å². The van der Waals surface area contributed by atoms with Gasteiger partial charge >= 0.3 is 13.8 Å². The summed E-state index contributed by atoms with van der Waals surface area (Å²) < 4.78 is 40.4. The molecule has 19 nitrogen and oxygen atoms in total. The van der Waals surface area contributed by atoms with E-state index in [1.165, 1.54) is 173 Å². The van der Waals surface area contributed by atoms with E-state index >= 15 is 0 Å². The predicted octanol–water partition coefficient (Wildman–Crippen LogP) is 12.2. The molecular weight excluding hydrogens is 1120 g/mol. The minimum atomic E-state index is -5.37. The van der Waals surface area contributed by atoms with Gasteiger partial charge in [0.2, 0.25) is 11.8 Å². The molecule has 10 N–H and O–H groups in total. The number of esters is 1. The third-order valence-electron chi connectivity index (χ3n) is 17.3. The van der Waals surface area contributed by atoms with Gasteiger partial charge in [0, 0.05) is 6.42 Å². The van der Waals surface area contributed by atoms with Gasteiger partial charge < -0.3 is 70.0 Å². The number of carbonyl (C=O) groups is 3. The summed E-state index contributed by atoms with van der Waals surface area (Å²) in [6.07, 6.45) is 32.5. The number of amides is 2. The summed E-state index contributed by atoms with van der Waals surface area (Å²) in [6.45, 7) is 5.19. The van der Waals surface area contributed by atoms with Crippen molar-refractivity contribution in [3.05, 3.63) is 0 Å². The van der Waals surface area contributed by atoms with Gasteiger partial charge in [-0.1, -0.05) is 271 Å². The number of nitrogens with one attached hydrogen (secondary N) is 2. The molecule has 2 fully saturated rings. The van der Waals surface area contributed by atoms with Crippen LogP contribution >= 0.6 is 7.82 Å². The molecule has 0 radical (unpaired) electrons. The highest BCUT2D eigenvalue weighted by Gasteiger charge is 2.50. The van der Waals surface area contributed by atoms with E-state index < -0.39 is 119 Å². The fourth-order valence-electron chi connectivity index (χ4n) is 11.9. The Morgan fingerprint density at radius 1 is 0.453 bits per heavy atom. The lowest BCUT2D eigenvalue weighted by Crippen LogP contribution is -2.66. The highest BCUT2D eigenvalue weighted by Crippen LogP contribution is 2.41. The molecule has 12 atom stereocenters. The summed E-state index contributed by atoms with van der Waals surface area (Å²) in [5.41, 5.74) is 0. The molecule has 0 spiro atoms. The first kappa shape index (κ1) is 80.3. The monoisotopic (exact) mass is 1250 g/mol. The summed E-state index contributed by atoms with van der Waals surface area (Å²) in [6, 6.07) is -3.22. The highest BCUT2D eigenvalue weighted by molar-refractivity contribution is 7.46. The van der Waals surface area contributed by atoms with Gasteiger partial charge in [-0.05, 0) is 25.7 Å². The molecule has 2 rings (SSSR count). The van der Waals surface area contributed by atoms with E-state index in [2.05, 4.69) is 31.4 Å². The van der Waals surface area contributed by atoms with Crippen LogP contribution in [0.2, 0.25) is 0 Å². The minimum Gasteiger partial charge on any atom is -0.462 e. The molecule has 0 bridgehead atoms. The number of unbranched alkanes of at least 4 members (excludes halogenated alkanes) is 38. The van der Waals surface area contributed by atoms with Crippen LogP contribution in [0.3, 0.4) is 0 Å². The van der Waals surface area contributed by atoms with E-state index in [4.69, 9.17) is 23.5 Å². The van der Waals surface area contributed by atoms with E-state index in [1.54, 1.807) is 0 Å². The van der Waals surface area contributed by atoms with Gasteiger partial charge in [0.15, 0.2) is 12.6 Å². The lowest BCUT2D eigenvalue weighted by molar-refractivity contribution is -0.296. The molecule has 2 aliphatic rings. The second-order valence-electron chi connectivity index (χ2n) is 25.3. The number of phosphoric acid groups is 1. The lowest BCUT2D eigenvalue weighted by Gasteiger charge is -2.45. The van der Waals surface area contributed by atoms with Gasteiger partial charge in [0.05, 0.1) is 32.2 Å². The summed E-state index contributed by atoms with van der Waals surface area (Å²) >= 11 is 0. The van der Waals surface area contributed by atoms with Gasteiger partial charge in [-0.25, -0.2) is 4.57 Å². The Balaban J connectivity index is 2.00. The van der Waals surface area contributed by atoms with Crippen molar-refractivity contribution < 1.29 is 82.8 Å². The van der Waals surface area contributed by atoms with Crippen LogP contribution in [-0.2, 0) is 42.4 Å². The Kier molecular flexibility index (Phi) is 48.3. The molecule has 2 aliphatic heterocycles. The summed E-state index contributed by atoms with van der Waals surface area (Å²) in [5.74, 6) is -1.85. The Morgan fingerprint density at radius 3 is 1.19 bits per heavy atom. The number of aliphatic hydroxyl groups is 6. The van der Waals surface area contributed by atoms with E-state index in [9.17, 15) is 59.4 Å². The maximum atomic E-state index is 13.9. The van der Waals surface area contributed by atoms with Crippen LogP contribution in [0, 0.1) is 0 Å². The van der Waals surface area contributed by atoms with Crippen molar-refractivity contribution >= 4 is 25.6 Å². The van der Waals surface area contributed by atoms with Crippen molar-refractivity contribution in [2.75, 3.05) is 13.2 Å². The number of hydrogen-bond donors (Lipinski definition) is 10. The van der Waals surface area contributed by atoms with Crippen molar-refractivity contribution in [2.45, 2.75) is 390 Å². The van der Waals surface area contributed by atoms with Crippen LogP contribution in [0.4, 0.5) is 0 Å². The number of ether oxygens (including phenoxy) is 4. The first-order valence-corrected chi connectivity index (χ1v) is 36.5. The minimum absolute atomic E-state index is 0.217. The summed E-state index contributed by atoms with van der Waals surface area (Å²) in [5, 5.41) is 70.6. The molecule has 508 valence electrons. The van der Waals surface area contributed by atoms with Gasteiger partial charge in [0.1, 0.15) is 54.8 Å². The van der Waals surface area contributed by atoms with Crippen LogP contribution in [0.15, 0.2) is 0 Å². The topological polar surface area (TPSA) is 300 Å². The molecule has 2 heterocycles. The molecule has 0 aromatic rings. The molecule has 0 aromatic heterocycles. The zero-order valence-corrected chi connectivity index (χ0v) is 55.0. The molecule has 0 aromatic carbocycles. The lowest BCUT2D eigenvalue weighted by atomic mass is 9.95. The Hall–Kier alpha value is -1.84. The maximum Gasteiger partial charge on any atom is 0.472 e. The van der Waals surface area contributed by atoms with Gasteiger partial charge in [-0.2, -0.15) is 0 Å². The highest BCUT2D eigenvalue weighted by atomic mass is 31.2. The number of carbonyl (C=O) groups excluding carboxylic acids is 3. The molecule has 2 saturated heterocycles. The smallest absolute Gasteiger partial charge is 0.462 e. The van der Waals surface area contributed by atoms with Crippen molar-refractivity contribution in [3.63, 3.8) is 0 Å². The average molecular weight is 1250 g/mol. The number of phosphoric ester groups is 1. The van der Waals surface area contributed by atoms with Gasteiger partial charge in [0.25, 0.3) is 0 Å². The van der Waals surface area contributed by atoms with E-state index in [0.717, 1.165) is 70.6 Å². The van der Waals surface area contributed by atoms with Crippen molar-refractivity contribution in [3.8, 4) is 0 Å². The maximum absolute atomic E-state index is 13.9. The zero-order chi connectivity index (χ0) is 63.1. The average Bonchev–Trinajstić information content (AvgIpc) is 1.27. The molecule has 0 saturated carbocycles. The Morgan fingerprint density at radius 2 is 0.791 bits per heavy atom. The largest absolute Gasteiger partial charge is 0.472 e. The molecule has 20 heteroatoms. The van der Waals surface area contributed by atoms with Crippen molar-refractivity contribution in [2.24, 2.45) is 0 Å². The normalized spacial score (nSPS) is 23.3. The zero-order valence-electron chi connectivity index (χ0n) is 54.1. The Bertz CT molecular complexity index is 1700. The van der Waals surface area contributed by atoms with Gasteiger partial charge in [-0.15, -0.1) is 0 Å². The number of rotatable bonds is 57. The molecule has 0 aliphatic carbocycles. The molecule has 86 heavy (non-hydrogen) atoms. The van der Waals surface area contributed by atoms with Crippen LogP contribution in [0.25, 0.3) is 0 Å². The molecular formula is C66H127N2O17P. The second kappa shape index (κ2) is 51.7. The fourth-order valence-corrected chi connectivity index (χ4v) is 12.4. The van der Waals surface area contributed by atoms with Crippen LogP contribution in [0.1, 0.15) is 316 Å². The van der Waals surface area contributed by atoms with E-state index in [-0.39, 0.29) is 12.8 Å². The summed E-state index contributed by atoms with van der Waals surface area (Å²) in [4.78, 5) is 60.0. The third-order valence-corrected chi connectivity index (χ3v) is 17.8. The number of hydrogen-bond acceptors (Lipinski definition) is 15. The van der Waals surface area contributed by atoms with Crippen LogP contribution in [-0.4, -0.2) is 145 Å². The van der Waals surface area contributed by atoms with Crippen LogP contribution < -0.4 is 10.6 Å². The Labute approximate surface area is 520 Å². The van der Waals surface area contributed by atoms with E-state index in [1.807, 2.05) is 0 Å². The van der Waals surface area contributed by atoms with Crippen molar-refractivity contribution in [1.82, 2.24) is 10.6 Å². The fraction of sp³-hybridized carbons (Fsp3) is 0.955. The molecule has 2 amide bonds. The SMILES string of the molecule is CCCCCCCCCCCCCCCCCC(=O)O[C@H](CCCCCCCCCCCCCCC)CC(=O)N[C@H]1[C@H](OC[C@H]2O[C@H](OP(=O)(O)O)[C@H](NC(=O)C[C@H](O)CCCCCCCCCCCCCCC)[C@@H](O)[C@@H]2O)O[C@H](CO)[C@@H](O)[C@@H]1O. The second-order valence-corrected chi connectivity index (χ2v) is 26.5. The third kappa shape index (κ3) is 39.4. The first-order valence-electron chi connectivity index (χ1n) is 35.0. The van der Waals surface area contributed by atoms with Crippen molar-refractivity contribution in [1.29, 1.82) is 0 Å².